The van der Waals surface area contributed by atoms with Crippen molar-refractivity contribution in [1.29, 1.82) is 0 Å². The molecule has 0 aromatic carbocycles. The molecule has 0 radical (unpaired) electrons. The van der Waals surface area contributed by atoms with Crippen molar-refractivity contribution in [2.24, 2.45) is 0 Å². The summed E-state index contributed by atoms with van der Waals surface area (Å²) in [5.41, 5.74) is 0. The summed E-state index contributed by atoms with van der Waals surface area (Å²) in [4.78, 5) is 19.9. The third-order valence-corrected chi connectivity index (χ3v) is 2.16. The summed E-state index contributed by atoms with van der Waals surface area (Å²) in [7, 11) is -4.40. The number of ether oxygens (including phenoxy) is 1. The van der Waals surface area contributed by atoms with Crippen molar-refractivity contribution in [3.8, 4) is 0 Å². The number of rotatable bonds is 1. The van der Waals surface area contributed by atoms with Gasteiger partial charge in [0.25, 0.3) is 0 Å². The third-order valence-electron chi connectivity index (χ3n) is 0.991. The van der Waals surface area contributed by atoms with Crippen LogP contribution in [-0.2, 0) is 9.30 Å². The number of epoxide rings is 1. The molecule has 0 bridgehead atoms. The Morgan fingerprint density at radius 3 is 1.89 bits per heavy atom. The van der Waals surface area contributed by atoms with Crippen LogP contribution in [0, 0.1) is 0 Å². The summed E-state index contributed by atoms with van der Waals surface area (Å²) < 4.78 is 14.3. The summed E-state index contributed by atoms with van der Waals surface area (Å²) in [6.45, 7) is 1.55. The van der Waals surface area contributed by atoms with E-state index in [0.29, 0.717) is 0 Å². The number of hydrogen-bond donors (Lipinski definition) is 0. The van der Waals surface area contributed by atoms with Gasteiger partial charge in [-0.25, -0.2) is 0 Å². The van der Waals surface area contributed by atoms with E-state index >= 15 is 0 Å². The van der Waals surface area contributed by atoms with Crippen molar-refractivity contribution in [1.82, 2.24) is 0 Å². The maximum atomic E-state index is 9.95. The van der Waals surface area contributed by atoms with Crippen molar-refractivity contribution in [3.05, 3.63) is 0 Å². The van der Waals surface area contributed by atoms with Gasteiger partial charge in [-0.15, -0.1) is 0 Å². The molecule has 0 aromatic heterocycles. The summed E-state index contributed by atoms with van der Waals surface area (Å²) in [5.74, 6) is -1.04. The Kier molecular flexibility index (Phi) is 3.66. The monoisotopic (exact) mass is 176 g/mol. The molecule has 0 aromatic rings. The van der Waals surface area contributed by atoms with Crippen LogP contribution in [0.3, 0.4) is 0 Å². The van der Waals surface area contributed by atoms with E-state index in [1.807, 2.05) is 0 Å². The number of hydrogen-bond acceptors (Lipinski definition) is 4. The molecule has 6 heteroatoms. The Labute approximate surface area is 82.7 Å². The van der Waals surface area contributed by atoms with E-state index in [0.717, 1.165) is 0 Å². The zero-order valence-corrected chi connectivity index (χ0v) is 8.04. The van der Waals surface area contributed by atoms with E-state index in [4.69, 9.17) is 0 Å². The molecule has 2 atom stereocenters. The summed E-state index contributed by atoms with van der Waals surface area (Å²) in [6.07, 6.45) is -0.379. The summed E-state index contributed by atoms with van der Waals surface area (Å²) in [5, 5.41) is 0. The van der Waals surface area contributed by atoms with E-state index in [9.17, 15) is 14.4 Å². The van der Waals surface area contributed by atoms with E-state index in [2.05, 4.69) is 4.74 Å². The van der Waals surface area contributed by atoms with Gasteiger partial charge in [-0.1, -0.05) is 0 Å². The molecule has 9 heavy (non-hydrogen) atoms. The molecule has 48 valence electrons. The molecule has 4 nitrogen and oxygen atoms in total. The Bertz CT molecular complexity index is 143. The van der Waals surface area contributed by atoms with Crippen molar-refractivity contribution < 1.29 is 19.1 Å². The van der Waals surface area contributed by atoms with Crippen LogP contribution in [-0.4, -0.2) is 49.7 Å². The van der Waals surface area contributed by atoms with Crippen molar-refractivity contribution in [2.75, 3.05) is 0 Å². The minimum Gasteiger partial charge on any atom is -0.809 e. The fourth-order valence-corrected chi connectivity index (χ4v) is 1.36. The molecule has 0 saturated carbocycles. The second-order valence-electron chi connectivity index (χ2n) is 1.77. The van der Waals surface area contributed by atoms with Crippen LogP contribution in [0.15, 0.2) is 0 Å². The standard InChI is InChI=1S/C3H7O4P.Ca/c1-2-3(7-2)8(4,5)6;/h2-3H,1H3,(H2,4,5,6);/q;+2/p-2/t2-,3+;/m1./s1. The molecule has 0 spiro atoms. The van der Waals surface area contributed by atoms with E-state index < -0.39 is 13.4 Å². The van der Waals surface area contributed by atoms with Crippen LogP contribution in [0.5, 0.6) is 0 Å². The Morgan fingerprint density at radius 2 is 1.89 bits per heavy atom. The second kappa shape index (κ2) is 3.18. The van der Waals surface area contributed by atoms with Gasteiger partial charge >= 0.3 is 37.7 Å². The van der Waals surface area contributed by atoms with Gasteiger partial charge in [-0.05, 0) is 14.5 Å². The maximum Gasteiger partial charge on any atom is 2.00 e. The first-order chi connectivity index (χ1) is 3.52. The third kappa shape index (κ3) is 2.85. The van der Waals surface area contributed by atoms with Gasteiger partial charge < -0.3 is 19.1 Å². The van der Waals surface area contributed by atoms with Crippen molar-refractivity contribution in [2.45, 2.75) is 18.9 Å². The molecular weight excluding hydrogens is 171 g/mol. The van der Waals surface area contributed by atoms with Gasteiger partial charge in [0.15, 0.2) is 0 Å². The van der Waals surface area contributed by atoms with E-state index in [1.54, 1.807) is 6.92 Å². The largest absolute Gasteiger partial charge is 2.00 e. The molecule has 1 rings (SSSR count). The van der Waals surface area contributed by atoms with Crippen molar-refractivity contribution >= 4 is 45.3 Å². The molecule has 0 amide bonds. The van der Waals surface area contributed by atoms with Crippen molar-refractivity contribution in [3.63, 3.8) is 0 Å². The van der Waals surface area contributed by atoms with Crippen LogP contribution in [0.1, 0.15) is 6.92 Å². The van der Waals surface area contributed by atoms with Gasteiger partial charge in [0.2, 0.25) is 0 Å². The van der Waals surface area contributed by atoms with Gasteiger partial charge in [0, 0.05) is 0 Å². The molecule has 0 N–H and O–H groups in total. The maximum absolute atomic E-state index is 9.95. The normalized spacial score (nSPS) is 33.2. The van der Waals surface area contributed by atoms with Crippen LogP contribution in [0.25, 0.3) is 0 Å². The molecule has 0 aliphatic carbocycles. The Balaban J connectivity index is 0.000000640. The summed E-state index contributed by atoms with van der Waals surface area (Å²) in [6, 6.07) is 0. The molecule has 1 heterocycles. The van der Waals surface area contributed by atoms with Gasteiger partial charge in [0.1, 0.15) is 5.85 Å². The summed E-state index contributed by atoms with van der Waals surface area (Å²) >= 11 is 0. The average molecular weight is 176 g/mol. The molecule has 0 unspecified atom stereocenters. The smallest absolute Gasteiger partial charge is 0.809 e. The van der Waals surface area contributed by atoms with Gasteiger partial charge in [0.05, 0.1) is 6.10 Å². The molecule has 1 aliphatic heterocycles. The first kappa shape index (κ1) is 10.4. The predicted molar refractivity (Wildman–Crippen MR) is 27.7 cm³/mol. The van der Waals surface area contributed by atoms with E-state index in [-0.39, 0.29) is 43.8 Å². The topological polar surface area (TPSA) is 75.7 Å². The van der Waals surface area contributed by atoms with Crippen LogP contribution in [0.2, 0.25) is 0 Å². The zero-order valence-electron chi connectivity index (χ0n) is 4.94. The molecule has 1 aliphatic rings. The second-order valence-corrected chi connectivity index (χ2v) is 3.36. The first-order valence-corrected chi connectivity index (χ1v) is 3.80. The fraction of sp³-hybridized carbons (Fsp3) is 1.00. The molecule has 1 fully saturated rings. The fourth-order valence-electron chi connectivity index (χ4n) is 0.506. The predicted octanol–water partition coefficient (Wildman–Crippen LogP) is -1.74. The minimum atomic E-state index is -4.40. The van der Waals surface area contributed by atoms with Crippen LogP contribution >= 0.6 is 7.60 Å². The minimum absolute atomic E-state index is 0. The SMILES string of the molecule is C[C@H]1O[C@H]1P(=O)([O-])[O-].[Ca+2]. The Hall–Kier alpha value is 1.37. The quantitative estimate of drug-likeness (QED) is 0.270. The van der Waals surface area contributed by atoms with E-state index in [1.165, 1.54) is 0 Å². The van der Waals surface area contributed by atoms with Gasteiger partial charge in [-0.2, -0.15) is 0 Å². The first-order valence-electron chi connectivity index (χ1n) is 2.19. The zero-order chi connectivity index (χ0) is 6.36. The Morgan fingerprint density at radius 1 is 1.56 bits per heavy atom. The average Bonchev–Trinajstić information content (AvgIpc) is 2.13. The molecular formula is C3H5CaO4P. The van der Waals surface area contributed by atoms with Crippen LogP contribution in [0.4, 0.5) is 0 Å². The van der Waals surface area contributed by atoms with Crippen LogP contribution < -0.4 is 9.79 Å². The molecule has 1 saturated heterocycles. The van der Waals surface area contributed by atoms with Gasteiger partial charge in [-0.3, -0.25) is 0 Å².